The van der Waals surface area contributed by atoms with E-state index in [1.165, 1.54) is 42.7 Å². The molecule has 5 aromatic rings. The smallest absolute Gasteiger partial charge is 0.263 e. The fraction of sp³-hybridized carbons (Fsp3) is 0.133. The van der Waals surface area contributed by atoms with Crippen molar-refractivity contribution < 1.29 is 17.3 Å². The predicted molar refractivity (Wildman–Crippen MR) is 152 cm³/mol. The van der Waals surface area contributed by atoms with Gasteiger partial charge in [0.1, 0.15) is 12.1 Å². The lowest BCUT2D eigenvalue weighted by atomic mass is 9.93. The first-order chi connectivity index (χ1) is 19.3. The Hall–Kier alpha value is -4.54. The summed E-state index contributed by atoms with van der Waals surface area (Å²) in [6, 6.07) is 21.2. The number of sulfonamides is 1. The van der Waals surface area contributed by atoms with Crippen molar-refractivity contribution in [3.05, 3.63) is 113 Å². The third-order valence-electron chi connectivity index (χ3n) is 7.03. The molecule has 0 saturated carbocycles. The summed E-state index contributed by atoms with van der Waals surface area (Å²) in [5, 5.41) is 4.19. The Morgan fingerprint density at radius 2 is 1.75 bits per heavy atom. The third-order valence-corrected chi connectivity index (χ3v) is 8.38. The van der Waals surface area contributed by atoms with E-state index >= 15 is 0 Å². The van der Waals surface area contributed by atoms with Crippen LogP contribution in [0.3, 0.4) is 0 Å². The Balaban J connectivity index is 1.50. The zero-order valence-electron chi connectivity index (χ0n) is 21.5. The zero-order chi connectivity index (χ0) is 27.9. The first-order valence-corrected chi connectivity index (χ1v) is 14.1. The summed E-state index contributed by atoms with van der Waals surface area (Å²) in [4.78, 5) is 15.6. The van der Waals surface area contributed by atoms with E-state index in [1.54, 1.807) is 28.8 Å². The van der Waals surface area contributed by atoms with E-state index in [9.17, 15) is 17.6 Å². The highest BCUT2D eigenvalue weighted by molar-refractivity contribution is 7.92. The van der Waals surface area contributed by atoms with Gasteiger partial charge in [-0.1, -0.05) is 29.4 Å². The molecule has 0 bridgehead atoms. The molecule has 0 atom stereocenters. The molecule has 6 rings (SSSR count). The van der Waals surface area contributed by atoms with Gasteiger partial charge in [0.25, 0.3) is 15.6 Å². The molecule has 0 radical (unpaired) electrons. The van der Waals surface area contributed by atoms with Crippen LogP contribution in [0.1, 0.15) is 12.0 Å². The van der Waals surface area contributed by atoms with Crippen molar-refractivity contribution in [2.24, 2.45) is 0 Å². The Labute approximate surface area is 230 Å². The average molecular weight is 557 g/mol. The highest BCUT2D eigenvalue weighted by Crippen LogP contribution is 2.33. The largest absolute Gasteiger partial charge is 0.363 e. The summed E-state index contributed by atoms with van der Waals surface area (Å²) in [5.41, 5.74) is 4.78. The van der Waals surface area contributed by atoms with Crippen molar-refractivity contribution in [1.29, 1.82) is 0 Å². The van der Waals surface area contributed by atoms with Crippen LogP contribution >= 0.6 is 0 Å². The first-order valence-electron chi connectivity index (χ1n) is 12.7. The molecule has 40 heavy (non-hydrogen) atoms. The normalized spacial score (nSPS) is 14.3. The van der Waals surface area contributed by atoms with Gasteiger partial charge in [-0.25, -0.2) is 12.8 Å². The Morgan fingerprint density at radius 3 is 2.48 bits per heavy atom. The van der Waals surface area contributed by atoms with Crippen molar-refractivity contribution in [2.45, 2.75) is 11.3 Å². The van der Waals surface area contributed by atoms with Gasteiger partial charge in [-0.2, -0.15) is 0 Å². The molecule has 0 aliphatic carbocycles. The average Bonchev–Trinajstić information content (AvgIpc) is 3.46. The summed E-state index contributed by atoms with van der Waals surface area (Å²) in [6.07, 6.45) is 4.23. The van der Waals surface area contributed by atoms with Gasteiger partial charge in [0, 0.05) is 36.2 Å². The SMILES string of the molecule is CN1CC=C(c2cc(-c3ccc(F)cc3)ccc2-n2c(=O)ccc3cc(S(=O)(=O)Nc4ccon4)ccc32)CC1. The van der Waals surface area contributed by atoms with Gasteiger partial charge in [-0.15, -0.1) is 0 Å². The van der Waals surface area contributed by atoms with Crippen molar-refractivity contribution in [3.63, 3.8) is 0 Å². The lowest BCUT2D eigenvalue weighted by Gasteiger charge is -2.25. The van der Waals surface area contributed by atoms with Crippen LogP contribution in [0.5, 0.6) is 0 Å². The number of nitrogens with one attached hydrogen (secondary N) is 1. The molecule has 3 heterocycles. The fourth-order valence-corrected chi connectivity index (χ4v) is 5.95. The van der Waals surface area contributed by atoms with Gasteiger partial charge in [0.2, 0.25) is 0 Å². The van der Waals surface area contributed by atoms with Gasteiger partial charge >= 0.3 is 0 Å². The van der Waals surface area contributed by atoms with Crippen LogP contribution in [0, 0.1) is 5.82 Å². The van der Waals surface area contributed by atoms with Crippen LogP contribution in [0.2, 0.25) is 0 Å². The van der Waals surface area contributed by atoms with E-state index in [4.69, 9.17) is 4.52 Å². The maximum atomic E-state index is 13.6. The van der Waals surface area contributed by atoms with Crippen LogP contribution in [0.15, 0.2) is 105 Å². The molecule has 0 saturated heterocycles. The molecule has 0 spiro atoms. The van der Waals surface area contributed by atoms with Gasteiger partial charge in [0.15, 0.2) is 5.82 Å². The number of likely N-dealkylation sites (N-methyl/N-ethyl adjacent to an activating group) is 1. The second-order valence-corrected chi connectivity index (χ2v) is 11.4. The van der Waals surface area contributed by atoms with E-state index in [1.807, 2.05) is 18.2 Å². The minimum atomic E-state index is -3.93. The number of aromatic nitrogens is 2. The Bertz CT molecular complexity index is 1910. The monoisotopic (exact) mass is 556 g/mol. The van der Waals surface area contributed by atoms with Crippen LogP contribution in [0.4, 0.5) is 10.2 Å². The van der Waals surface area contributed by atoms with E-state index < -0.39 is 10.0 Å². The maximum absolute atomic E-state index is 13.6. The molecule has 10 heteroatoms. The molecule has 0 amide bonds. The topological polar surface area (TPSA) is 97.4 Å². The number of nitrogens with zero attached hydrogens (tertiary/aromatic N) is 3. The predicted octanol–water partition coefficient (Wildman–Crippen LogP) is 5.30. The molecule has 8 nitrogen and oxygen atoms in total. The molecule has 1 N–H and O–H groups in total. The van der Waals surface area contributed by atoms with Crippen LogP contribution < -0.4 is 10.3 Å². The molecule has 1 aliphatic rings. The summed E-state index contributed by atoms with van der Waals surface area (Å²) in [7, 11) is -1.88. The van der Waals surface area contributed by atoms with Crippen LogP contribution in [0.25, 0.3) is 33.3 Å². The zero-order valence-corrected chi connectivity index (χ0v) is 22.4. The summed E-state index contributed by atoms with van der Waals surface area (Å²) < 4.78 is 48.2. The highest BCUT2D eigenvalue weighted by Gasteiger charge is 2.20. The minimum Gasteiger partial charge on any atom is -0.363 e. The first kappa shape index (κ1) is 25.7. The summed E-state index contributed by atoms with van der Waals surface area (Å²) in [5.74, 6) is -0.235. The Morgan fingerprint density at radius 1 is 0.950 bits per heavy atom. The van der Waals surface area contributed by atoms with E-state index in [2.05, 4.69) is 27.9 Å². The van der Waals surface area contributed by atoms with Crippen LogP contribution in [-0.2, 0) is 10.0 Å². The minimum absolute atomic E-state index is 0.0260. The van der Waals surface area contributed by atoms with Gasteiger partial charge in [0.05, 0.1) is 16.1 Å². The number of pyridine rings is 1. The van der Waals surface area contributed by atoms with Gasteiger partial charge in [-0.05, 0) is 78.7 Å². The second kappa shape index (κ2) is 10.2. The lowest BCUT2D eigenvalue weighted by Crippen LogP contribution is -2.24. The molecule has 3 aromatic carbocycles. The number of fused-ring (bicyclic) bond motifs is 1. The molecule has 2 aromatic heterocycles. The van der Waals surface area contributed by atoms with E-state index in [0.717, 1.165) is 41.8 Å². The molecule has 0 fully saturated rings. The summed E-state index contributed by atoms with van der Waals surface area (Å²) in [6.45, 7) is 1.65. The highest BCUT2D eigenvalue weighted by atomic mass is 32.2. The van der Waals surface area contributed by atoms with Crippen molar-refractivity contribution in [3.8, 4) is 16.8 Å². The van der Waals surface area contributed by atoms with Gasteiger partial charge < -0.3 is 9.42 Å². The van der Waals surface area contributed by atoms with E-state index in [0.29, 0.717) is 16.6 Å². The molecule has 0 unspecified atom stereocenters. The number of anilines is 1. The van der Waals surface area contributed by atoms with Gasteiger partial charge in [-0.3, -0.25) is 14.1 Å². The molecule has 202 valence electrons. The summed E-state index contributed by atoms with van der Waals surface area (Å²) >= 11 is 0. The number of benzene rings is 3. The van der Waals surface area contributed by atoms with Crippen molar-refractivity contribution >= 4 is 32.3 Å². The third kappa shape index (κ3) is 4.94. The lowest BCUT2D eigenvalue weighted by molar-refractivity contribution is 0.370. The Kier molecular flexibility index (Phi) is 6.57. The number of hydrogen-bond acceptors (Lipinski definition) is 6. The standard InChI is InChI=1S/C30H25FN4O4S/c1-34-15-12-21(13-16-34)26-19-22(20-2-6-24(31)7-3-20)4-9-28(26)35-27-10-8-25(18-23(27)5-11-30(35)36)40(37,38)33-29-14-17-39-32-29/h2-12,14,17-19H,13,15-16H2,1H3,(H,32,33). The quantitative estimate of drug-likeness (QED) is 0.305. The maximum Gasteiger partial charge on any atom is 0.263 e. The van der Waals surface area contributed by atoms with E-state index in [-0.39, 0.29) is 22.1 Å². The van der Waals surface area contributed by atoms with Crippen molar-refractivity contribution in [1.82, 2.24) is 14.6 Å². The number of halogens is 1. The fourth-order valence-electron chi connectivity index (χ4n) is 4.93. The molecular weight excluding hydrogens is 531 g/mol. The second-order valence-electron chi connectivity index (χ2n) is 9.70. The number of hydrogen-bond donors (Lipinski definition) is 1. The van der Waals surface area contributed by atoms with Crippen LogP contribution in [-0.4, -0.2) is 43.2 Å². The molecule has 1 aliphatic heterocycles. The van der Waals surface area contributed by atoms with Crippen molar-refractivity contribution in [2.75, 3.05) is 24.9 Å². The molecular formula is C30H25FN4O4S. The number of rotatable bonds is 6.